The highest BCUT2D eigenvalue weighted by atomic mass is 16.7. The van der Waals surface area contributed by atoms with E-state index in [1.807, 2.05) is 12.1 Å². The average Bonchev–Trinajstić information content (AvgIpc) is 3.56. The van der Waals surface area contributed by atoms with Crippen molar-refractivity contribution in [3.8, 4) is 0 Å². The van der Waals surface area contributed by atoms with E-state index in [0.717, 1.165) is 36.5 Å². The molecule has 37 heavy (non-hydrogen) atoms. The van der Waals surface area contributed by atoms with Crippen molar-refractivity contribution in [2.75, 3.05) is 19.8 Å². The zero-order valence-electron chi connectivity index (χ0n) is 22.8. The fourth-order valence-corrected chi connectivity index (χ4v) is 10.7. The molecule has 2 amide bonds. The lowest BCUT2D eigenvalue weighted by Crippen LogP contribution is -2.60. The van der Waals surface area contributed by atoms with Crippen molar-refractivity contribution in [3.05, 3.63) is 35.4 Å². The maximum atomic E-state index is 13.1. The second kappa shape index (κ2) is 8.39. The van der Waals surface area contributed by atoms with Gasteiger partial charge in [0.15, 0.2) is 5.79 Å². The lowest BCUT2D eigenvalue weighted by atomic mass is 9.42. The third kappa shape index (κ3) is 3.28. The van der Waals surface area contributed by atoms with Crippen molar-refractivity contribution < 1.29 is 19.1 Å². The molecule has 200 valence electrons. The number of rotatable bonds is 3. The topological polar surface area (TPSA) is 55.8 Å². The first kappa shape index (κ1) is 24.3. The predicted molar refractivity (Wildman–Crippen MR) is 141 cm³/mol. The number of hydrogen-bond acceptors (Lipinski definition) is 4. The third-order valence-corrected chi connectivity index (χ3v) is 12.8. The molecule has 0 N–H and O–H groups in total. The summed E-state index contributed by atoms with van der Waals surface area (Å²) in [5, 5.41) is 0. The first-order valence-electron chi connectivity index (χ1n) is 15.0. The fourth-order valence-electron chi connectivity index (χ4n) is 10.7. The number of carbonyl (C=O) groups excluding carboxylic acids is 2. The zero-order valence-corrected chi connectivity index (χ0v) is 22.8. The Morgan fingerprint density at radius 3 is 2.16 bits per heavy atom. The molecule has 6 aliphatic rings. The summed E-state index contributed by atoms with van der Waals surface area (Å²) >= 11 is 0. The van der Waals surface area contributed by atoms with Gasteiger partial charge in [-0.1, -0.05) is 32.9 Å². The van der Waals surface area contributed by atoms with E-state index in [9.17, 15) is 9.59 Å². The monoisotopic (exact) mass is 505 g/mol. The molecule has 5 nitrogen and oxygen atoms in total. The van der Waals surface area contributed by atoms with Gasteiger partial charge in [-0.15, -0.1) is 0 Å². The SMILES string of the molecule is C[C@H]1CCC2C3CC[C@H]4[C@H](CCN5C(=O)c6ccccc6C5=O)C5(CC[C@]4(C)C3CC[C@@]21C)OCCO5. The number of carbonyl (C=O) groups is 2. The van der Waals surface area contributed by atoms with Crippen molar-refractivity contribution in [2.24, 2.45) is 46.3 Å². The molecule has 7 rings (SSSR count). The van der Waals surface area contributed by atoms with E-state index in [4.69, 9.17) is 9.47 Å². The Kier molecular flexibility index (Phi) is 5.52. The van der Waals surface area contributed by atoms with E-state index in [0.29, 0.717) is 42.2 Å². The van der Waals surface area contributed by atoms with Crippen LogP contribution in [0.2, 0.25) is 0 Å². The molecule has 0 aromatic heterocycles. The van der Waals surface area contributed by atoms with Crippen molar-refractivity contribution in [1.29, 1.82) is 0 Å². The summed E-state index contributed by atoms with van der Waals surface area (Å²) < 4.78 is 12.9. The van der Waals surface area contributed by atoms with Crippen LogP contribution in [0, 0.1) is 46.3 Å². The van der Waals surface area contributed by atoms with E-state index in [-0.39, 0.29) is 23.1 Å². The summed E-state index contributed by atoms with van der Waals surface area (Å²) in [6, 6.07) is 7.24. The number of hydrogen-bond donors (Lipinski definition) is 0. The van der Waals surface area contributed by atoms with E-state index in [2.05, 4.69) is 20.8 Å². The molecule has 0 bridgehead atoms. The fraction of sp³-hybridized carbons (Fsp3) is 0.750. The molecule has 5 fully saturated rings. The molecule has 1 aromatic rings. The van der Waals surface area contributed by atoms with E-state index in [1.54, 1.807) is 12.1 Å². The van der Waals surface area contributed by atoms with E-state index in [1.165, 1.54) is 49.8 Å². The Bertz CT molecular complexity index is 1070. The second-order valence-electron chi connectivity index (χ2n) is 13.8. The minimum absolute atomic E-state index is 0.146. The smallest absolute Gasteiger partial charge is 0.261 e. The van der Waals surface area contributed by atoms with Crippen molar-refractivity contribution in [1.82, 2.24) is 4.90 Å². The Morgan fingerprint density at radius 2 is 1.46 bits per heavy atom. The highest BCUT2D eigenvalue weighted by Gasteiger charge is 2.64. The van der Waals surface area contributed by atoms with Crippen LogP contribution in [0.15, 0.2) is 24.3 Å². The molecule has 4 aliphatic carbocycles. The molecule has 4 saturated carbocycles. The first-order chi connectivity index (χ1) is 17.8. The molecule has 1 spiro atoms. The average molecular weight is 506 g/mol. The summed E-state index contributed by atoms with van der Waals surface area (Å²) in [7, 11) is 0. The number of imide groups is 1. The molecule has 3 unspecified atom stereocenters. The molecule has 0 radical (unpaired) electrons. The van der Waals surface area contributed by atoms with Gasteiger partial charge in [-0.2, -0.15) is 0 Å². The first-order valence-corrected chi connectivity index (χ1v) is 15.0. The molecular formula is C32H43NO4. The van der Waals surface area contributed by atoms with Gasteiger partial charge in [0.1, 0.15) is 0 Å². The van der Waals surface area contributed by atoms with Gasteiger partial charge in [0, 0.05) is 18.9 Å². The number of ether oxygens (including phenoxy) is 2. The van der Waals surface area contributed by atoms with Gasteiger partial charge < -0.3 is 9.47 Å². The Labute approximate surface area is 221 Å². The summed E-state index contributed by atoms with van der Waals surface area (Å²) in [5.74, 6) is 3.25. The lowest BCUT2D eigenvalue weighted by molar-refractivity contribution is -0.269. The van der Waals surface area contributed by atoms with E-state index < -0.39 is 5.79 Å². The maximum Gasteiger partial charge on any atom is 0.261 e. The Hall–Kier alpha value is -1.72. The molecular weight excluding hydrogens is 462 g/mol. The van der Waals surface area contributed by atoms with Crippen LogP contribution in [-0.2, 0) is 9.47 Å². The van der Waals surface area contributed by atoms with E-state index >= 15 is 0 Å². The minimum atomic E-state index is -0.541. The quantitative estimate of drug-likeness (QED) is 0.451. The molecule has 2 heterocycles. The van der Waals surface area contributed by atoms with Gasteiger partial charge in [-0.25, -0.2) is 0 Å². The minimum Gasteiger partial charge on any atom is -0.347 e. The largest absolute Gasteiger partial charge is 0.347 e. The van der Waals surface area contributed by atoms with Crippen LogP contribution in [-0.4, -0.2) is 42.3 Å². The molecule has 2 aliphatic heterocycles. The summed E-state index contributed by atoms with van der Waals surface area (Å²) in [5.41, 5.74) is 1.90. The number of fused-ring (bicyclic) bond motifs is 6. The Morgan fingerprint density at radius 1 is 0.811 bits per heavy atom. The van der Waals surface area contributed by atoms with Crippen molar-refractivity contribution >= 4 is 11.8 Å². The van der Waals surface area contributed by atoms with Crippen molar-refractivity contribution in [3.63, 3.8) is 0 Å². The van der Waals surface area contributed by atoms with Gasteiger partial charge in [-0.3, -0.25) is 14.5 Å². The maximum absolute atomic E-state index is 13.1. The highest BCUT2D eigenvalue weighted by molar-refractivity contribution is 6.21. The second-order valence-corrected chi connectivity index (χ2v) is 13.8. The summed E-state index contributed by atoms with van der Waals surface area (Å²) in [4.78, 5) is 27.7. The highest BCUT2D eigenvalue weighted by Crippen LogP contribution is 2.69. The van der Waals surface area contributed by atoms with Gasteiger partial charge in [-0.05, 0) is 104 Å². The number of benzene rings is 1. The van der Waals surface area contributed by atoms with Crippen LogP contribution in [0.4, 0.5) is 0 Å². The lowest BCUT2D eigenvalue weighted by Gasteiger charge is -2.64. The van der Waals surface area contributed by atoms with Gasteiger partial charge in [0.05, 0.1) is 24.3 Å². The Balaban J connectivity index is 1.16. The zero-order chi connectivity index (χ0) is 25.6. The summed E-state index contributed by atoms with van der Waals surface area (Å²) in [6.07, 6.45) is 11.0. The van der Waals surface area contributed by atoms with Crippen LogP contribution >= 0.6 is 0 Å². The van der Waals surface area contributed by atoms with Gasteiger partial charge in [0.25, 0.3) is 11.8 Å². The predicted octanol–water partition coefficient (Wildman–Crippen LogP) is 6.32. The van der Waals surface area contributed by atoms with Crippen LogP contribution in [0.5, 0.6) is 0 Å². The van der Waals surface area contributed by atoms with Crippen LogP contribution in [0.25, 0.3) is 0 Å². The number of nitrogens with zero attached hydrogens (tertiary/aromatic N) is 1. The molecule has 1 saturated heterocycles. The number of amides is 2. The van der Waals surface area contributed by atoms with Crippen LogP contribution in [0.3, 0.4) is 0 Å². The molecule has 8 atom stereocenters. The van der Waals surface area contributed by atoms with Crippen LogP contribution in [0.1, 0.15) is 99.3 Å². The standard InChI is InChI=1S/C32H43NO4/c1-20-8-10-24-23-9-11-26-27(13-17-33-28(34)21-6-4-5-7-22(21)29(33)35)32(36-18-19-37-32)16-15-31(26,3)25(23)12-14-30(20,24)2/h4-7,20,23-27H,8-19H2,1-3H3/t20-,23?,24?,25?,26-,27-,30+,31+/m0/s1. The van der Waals surface area contributed by atoms with Gasteiger partial charge >= 0.3 is 0 Å². The van der Waals surface area contributed by atoms with Gasteiger partial charge in [0.2, 0.25) is 0 Å². The normalized spacial score (nSPS) is 44.0. The molecule has 1 aromatic carbocycles. The summed E-state index contributed by atoms with van der Waals surface area (Å²) in [6.45, 7) is 9.44. The van der Waals surface area contributed by atoms with Crippen molar-refractivity contribution in [2.45, 2.75) is 84.3 Å². The van der Waals surface area contributed by atoms with Crippen LogP contribution < -0.4 is 0 Å². The third-order valence-electron chi connectivity index (χ3n) is 12.8. The molecule has 5 heteroatoms.